The number of alkyl halides is 3. The van der Waals surface area contributed by atoms with Crippen LogP contribution in [0.3, 0.4) is 0 Å². The lowest BCUT2D eigenvalue weighted by atomic mass is 10.6. The molecule has 0 spiro atoms. The first-order chi connectivity index (χ1) is 4.06. The van der Waals surface area contributed by atoms with Crippen LogP contribution < -0.4 is 0 Å². The number of hydrogen-bond donors (Lipinski definition) is 0. The molecule has 0 aliphatic heterocycles. The van der Waals surface area contributed by atoms with Gasteiger partial charge in [-0.15, -0.1) is 0 Å². The van der Waals surface area contributed by atoms with Crippen molar-refractivity contribution in [3.8, 4) is 21.7 Å². The van der Waals surface area contributed by atoms with E-state index in [1.54, 1.807) is 28.5 Å². The first-order valence-corrected chi connectivity index (χ1v) is 2.83. The topological polar surface area (TPSA) is 0 Å². The first kappa shape index (κ1) is 8.64. The van der Waals surface area contributed by atoms with Crippen molar-refractivity contribution < 1.29 is 13.2 Å². The fraction of sp³-hybridized carbons (Fsp3) is 0.200. The minimum absolute atomic E-state index is 0.994. The Kier molecular flexibility index (Phi) is 3.48. The Balaban J connectivity index is 3.99. The van der Waals surface area contributed by atoms with Gasteiger partial charge in [0.1, 0.15) is 0 Å². The highest BCUT2D eigenvalue weighted by molar-refractivity contribution is 14.1. The van der Waals surface area contributed by atoms with Crippen LogP contribution in [0.1, 0.15) is 0 Å². The van der Waals surface area contributed by atoms with Gasteiger partial charge in [0, 0.05) is 28.5 Å². The Labute approximate surface area is 64.0 Å². The maximum Gasteiger partial charge on any atom is 0.458 e. The summed E-state index contributed by atoms with van der Waals surface area (Å²) in [6.45, 7) is 0. The van der Waals surface area contributed by atoms with Crippen LogP contribution in [0.15, 0.2) is 0 Å². The fourth-order valence-electron chi connectivity index (χ4n) is 0.126. The van der Waals surface area contributed by atoms with Gasteiger partial charge in [0.2, 0.25) is 0 Å². The molecule has 9 heavy (non-hydrogen) atoms. The zero-order chi connectivity index (χ0) is 7.33. The molecule has 0 nitrogen and oxygen atoms in total. The summed E-state index contributed by atoms with van der Waals surface area (Å²) in [5, 5.41) is 0. The van der Waals surface area contributed by atoms with Crippen molar-refractivity contribution in [3.05, 3.63) is 0 Å². The molecule has 0 saturated carbocycles. The third kappa shape index (κ3) is 7.64. The van der Waals surface area contributed by atoms with Crippen molar-refractivity contribution in [3.63, 3.8) is 0 Å². The van der Waals surface area contributed by atoms with E-state index in [-0.39, 0.29) is 0 Å². The molecule has 0 aromatic rings. The van der Waals surface area contributed by atoms with E-state index in [1.807, 2.05) is 5.92 Å². The molecule has 0 aromatic carbocycles. The van der Waals surface area contributed by atoms with Gasteiger partial charge in [-0.05, 0) is 15.8 Å². The minimum atomic E-state index is -4.42. The third-order valence-electron chi connectivity index (χ3n) is 0.314. The summed E-state index contributed by atoms with van der Waals surface area (Å²) in [6.07, 6.45) is -4.42. The van der Waals surface area contributed by atoms with Crippen LogP contribution in [0, 0.1) is 21.7 Å². The van der Waals surface area contributed by atoms with Crippen molar-refractivity contribution in [1.29, 1.82) is 0 Å². The first-order valence-electron chi connectivity index (χ1n) is 1.76. The molecule has 0 unspecified atom stereocenters. The predicted octanol–water partition coefficient (Wildman–Crippen LogP) is 1.95. The molecule has 0 saturated heterocycles. The summed E-state index contributed by atoms with van der Waals surface area (Å²) < 4.78 is 35.6. The van der Waals surface area contributed by atoms with Crippen molar-refractivity contribution in [2.24, 2.45) is 0 Å². The average Bonchev–Trinajstić information content (AvgIpc) is 1.63. The van der Waals surface area contributed by atoms with Crippen LogP contribution in [0.5, 0.6) is 0 Å². The number of rotatable bonds is 0. The fourth-order valence-corrected chi connectivity index (χ4v) is 0.261. The molecule has 4 heteroatoms. The maximum absolute atomic E-state index is 11.1. The largest absolute Gasteiger partial charge is 0.458 e. The van der Waals surface area contributed by atoms with Gasteiger partial charge in [-0.2, -0.15) is 13.2 Å². The highest BCUT2D eigenvalue weighted by atomic mass is 127. The van der Waals surface area contributed by atoms with Crippen LogP contribution >= 0.6 is 22.6 Å². The number of halogens is 4. The molecule has 0 radical (unpaired) electrons. The van der Waals surface area contributed by atoms with Gasteiger partial charge < -0.3 is 0 Å². The standard InChI is InChI=1S/C5F3I/c6-5(7,8)3-1-2-4-9. The molecule has 0 fully saturated rings. The normalized spacial score (nSPS) is 8.44. The maximum atomic E-state index is 11.1. The van der Waals surface area contributed by atoms with E-state index in [9.17, 15) is 13.2 Å². The average molecular weight is 244 g/mol. The Hall–Kier alpha value is -0.360. The van der Waals surface area contributed by atoms with Gasteiger partial charge in [0.15, 0.2) is 0 Å². The van der Waals surface area contributed by atoms with Crippen LogP contribution in [0.4, 0.5) is 13.2 Å². The predicted molar refractivity (Wildman–Crippen MR) is 35.6 cm³/mol. The third-order valence-corrected chi connectivity index (χ3v) is 0.584. The lowest BCUT2D eigenvalue weighted by Gasteiger charge is -1.88. The highest BCUT2D eigenvalue weighted by Crippen LogP contribution is 2.11. The molecule has 0 bridgehead atoms. The summed E-state index contributed by atoms with van der Waals surface area (Å²) in [5.41, 5.74) is 0. The lowest BCUT2D eigenvalue weighted by molar-refractivity contribution is -0.0696. The van der Waals surface area contributed by atoms with Gasteiger partial charge in [0.05, 0.1) is 0 Å². The summed E-state index contributed by atoms with van der Waals surface area (Å²) in [5.74, 6) is 4.59. The molecule has 0 N–H and O–H groups in total. The molecule has 0 aliphatic carbocycles. The van der Waals surface area contributed by atoms with Gasteiger partial charge in [-0.3, -0.25) is 0 Å². The second kappa shape index (κ2) is 3.62. The highest BCUT2D eigenvalue weighted by Gasteiger charge is 2.22. The molecule has 0 heterocycles. The van der Waals surface area contributed by atoms with E-state index in [1.165, 1.54) is 0 Å². The van der Waals surface area contributed by atoms with Crippen LogP contribution in [-0.2, 0) is 0 Å². The quantitative estimate of drug-likeness (QED) is 0.451. The molecular formula is C5F3I. The summed E-state index contributed by atoms with van der Waals surface area (Å²) in [7, 11) is 0. The minimum Gasteiger partial charge on any atom is -0.159 e. The molecule has 0 aliphatic rings. The van der Waals surface area contributed by atoms with Crippen LogP contribution in [-0.4, -0.2) is 6.18 Å². The molecule has 0 amide bonds. The van der Waals surface area contributed by atoms with E-state index in [4.69, 9.17) is 0 Å². The second-order valence-electron chi connectivity index (χ2n) is 0.967. The van der Waals surface area contributed by atoms with Crippen LogP contribution in [0.25, 0.3) is 0 Å². The molecule has 0 rings (SSSR count). The van der Waals surface area contributed by atoms with E-state index >= 15 is 0 Å². The van der Waals surface area contributed by atoms with Gasteiger partial charge in [-0.1, -0.05) is 0 Å². The van der Waals surface area contributed by atoms with Crippen molar-refractivity contribution >= 4 is 22.6 Å². The van der Waals surface area contributed by atoms with Gasteiger partial charge >= 0.3 is 6.18 Å². The summed E-state index contributed by atoms with van der Waals surface area (Å²) in [4.78, 5) is 0. The van der Waals surface area contributed by atoms with E-state index in [0.717, 1.165) is 5.92 Å². The molecule has 0 aromatic heterocycles. The monoisotopic (exact) mass is 244 g/mol. The van der Waals surface area contributed by atoms with E-state index < -0.39 is 6.18 Å². The second-order valence-corrected chi connectivity index (χ2v) is 1.51. The lowest BCUT2D eigenvalue weighted by Crippen LogP contribution is -2.00. The van der Waals surface area contributed by atoms with Crippen molar-refractivity contribution in [2.75, 3.05) is 0 Å². The summed E-state index contributed by atoms with van der Waals surface area (Å²) in [6, 6.07) is 0. The van der Waals surface area contributed by atoms with E-state index in [0.29, 0.717) is 0 Å². The zero-order valence-corrected chi connectivity index (χ0v) is 6.17. The smallest absolute Gasteiger partial charge is 0.159 e. The molecule has 48 valence electrons. The Morgan fingerprint density at radius 2 is 1.67 bits per heavy atom. The Morgan fingerprint density at radius 1 is 1.11 bits per heavy atom. The SMILES string of the molecule is FC(F)(F)C#CC#CI. The Morgan fingerprint density at radius 3 is 2.00 bits per heavy atom. The van der Waals surface area contributed by atoms with Crippen LogP contribution in [0.2, 0.25) is 0 Å². The van der Waals surface area contributed by atoms with Gasteiger partial charge in [-0.25, -0.2) is 0 Å². The van der Waals surface area contributed by atoms with Crippen molar-refractivity contribution in [1.82, 2.24) is 0 Å². The molecular weight excluding hydrogens is 244 g/mol. The zero-order valence-electron chi connectivity index (χ0n) is 4.01. The summed E-state index contributed by atoms with van der Waals surface area (Å²) >= 11 is 1.61. The number of hydrogen-bond acceptors (Lipinski definition) is 0. The van der Waals surface area contributed by atoms with Gasteiger partial charge in [0.25, 0.3) is 0 Å². The van der Waals surface area contributed by atoms with Crippen molar-refractivity contribution in [2.45, 2.75) is 6.18 Å². The van der Waals surface area contributed by atoms with E-state index in [2.05, 4.69) is 3.93 Å². The molecule has 0 atom stereocenters. The Bertz CT molecular complexity index is 194.